The number of nitrogens with zero attached hydrogens (tertiary/aromatic N) is 1. The lowest BCUT2D eigenvalue weighted by Gasteiger charge is -2.33. The quantitative estimate of drug-likeness (QED) is 0.878. The molecule has 1 aromatic carbocycles. The second kappa shape index (κ2) is 6.24. The van der Waals surface area contributed by atoms with E-state index in [9.17, 15) is 8.42 Å². The molecule has 0 aliphatic carbocycles. The van der Waals surface area contributed by atoms with Gasteiger partial charge in [-0.1, -0.05) is 26.0 Å². The van der Waals surface area contributed by atoms with Gasteiger partial charge in [-0.15, -0.1) is 0 Å². The summed E-state index contributed by atoms with van der Waals surface area (Å²) < 4.78 is 26.8. The minimum atomic E-state index is -3.50. The molecule has 0 spiro atoms. The van der Waals surface area contributed by atoms with Gasteiger partial charge in [-0.25, -0.2) is 8.42 Å². The first-order valence-corrected chi connectivity index (χ1v) is 8.45. The summed E-state index contributed by atoms with van der Waals surface area (Å²) in [5.41, 5.74) is 6.43. The van der Waals surface area contributed by atoms with Gasteiger partial charge in [0.2, 0.25) is 10.0 Å². The highest BCUT2D eigenvalue weighted by molar-refractivity contribution is 7.89. The topological polar surface area (TPSA) is 63.4 Å². The second-order valence-electron chi connectivity index (χ2n) is 5.73. The number of benzene rings is 1. The van der Waals surface area contributed by atoms with Crippen LogP contribution in [0.5, 0.6) is 0 Å². The molecule has 1 rings (SSSR count). The Morgan fingerprint density at radius 3 is 2.40 bits per heavy atom. The molecule has 0 aliphatic heterocycles. The Hall–Kier alpha value is -0.910. The van der Waals surface area contributed by atoms with Crippen molar-refractivity contribution in [2.24, 2.45) is 5.73 Å². The maximum absolute atomic E-state index is 12.7. The fraction of sp³-hybridized carbons (Fsp3) is 0.600. The van der Waals surface area contributed by atoms with Crippen LogP contribution in [0.3, 0.4) is 0 Å². The van der Waals surface area contributed by atoms with Crippen LogP contribution in [-0.2, 0) is 10.0 Å². The summed E-state index contributed by atoms with van der Waals surface area (Å²) in [5, 5.41) is 0. The zero-order valence-electron chi connectivity index (χ0n) is 13.1. The molecule has 1 unspecified atom stereocenters. The fourth-order valence-electron chi connectivity index (χ4n) is 1.85. The molecule has 0 radical (unpaired) electrons. The van der Waals surface area contributed by atoms with Gasteiger partial charge < -0.3 is 5.73 Å². The van der Waals surface area contributed by atoms with Gasteiger partial charge in [0.15, 0.2) is 0 Å². The summed E-state index contributed by atoms with van der Waals surface area (Å²) >= 11 is 0. The fourth-order valence-corrected chi connectivity index (χ4v) is 3.48. The van der Waals surface area contributed by atoms with Crippen molar-refractivity contribution < 1.29 is 8.42 Å². The molecule has 0 fully saturated rings. The van der Waals surface area contributed by atoms with Gasteiger partial charge in [0.05, 0.1) is 4.90 Å². The molecule has 1 aromatic rings. The average molecular weight is 298 g/mol. The summed E-state index contributed by atoms with van der Waals surface area (Å²) in [4.78, 5) is 0.308. The lowest BCUT2D eigenvalue weighted by atomic mass is 10.0. The highest BCUT2D eigenvalue weighted by Crippen LogP contribution is 2.26. The third-order valence-electron chi connectivity index (χ3n) is 4.10. The number of nitrogens with two attached hydrogens (primary N) is 1. The molecule has 0 aliphatic rings. The minimum Gasteiger partial charge on any atom is -0.324 e. The lowest BCUT2D eigenvalue weighted by molar-refractivity contribution is 0.257. The molecule has 20 heavy (non-hydrogen) atoms. The first kappa shape index (κ1) is 17.1. The standard InChI is InChI=1S/C15H26N2O2S/c1-6-14(16)12-9-8-10-13(11-12)20(18,19)17(5)15(3,4)7-2/h8-11,14H,6-7,16H2,1-5H3. The largest absolute Gasteiger partial charge is 0.324 e. The van der Waals surface area contributed by atoms with E-state index < -0.39 is 15.6 Å². The van der Waals surface area contributed by atoms with Crippen LogP contribution in [0.1, 0.15) is 52.1 Å². The number of hydrogen-bond acceptors (Lipinski definition) is 3. The first-order chi connectivity index (χ1) is 9.16. The van der Waals surface area contributed by atoms with Crippen LogP contribution < -0.4 is 5.73 Å². The molecule has 0 saturated heterocycles. The van der Waals surface area contributed by atoms with E-state index in [1.54, 1.807) is 25.2 Å². The number of sulfonamides is 1. The van der Waals surface area contributed by atoms with E-state index in [1.807, 2.05) is 33.8 Å². The van der Waals surface area contributed by atoms with E-state index in [4.69, 9.17) is 5.73 Å². The third-order valence-corrected chi connectivity index (χ3v) is 6.17. The molecule has 0 aromatic heterocycles. The Bertz CT molecular complexity index is 553. The molecular formula is C15H26N2O2S. The van der Waals surface area contributed by atoms with Crippen LogP contribution in [0.4, 0.5) is 0 Å². The summed E-state index contributed by atoms with van der Waals surface area (Å²) in [6, 6.07) is 6.81. The minimum absolute atomic E-state index is 0.130. The van der Waals surface area contributed by atoms with Crippen LogP contribution >= 0.6 is 0 Å². The maximum Gasteiger partial charge on any atom is 0.243 e. The molecular weight excluding hydrogens is 272 g/mol. The molecule has 0 heterocycles. The predicted octanol–water partition coefficient (Wildman–Crippen LogP) is 2.91. The molecule has 5 heteroatoms. The van der Waals surface area contributed by atoms with Gasteiger partial charge in [-0.05, 0) is 44.4 Å². The monoisotopic (exact) mass is 298 g/mol. The van der Waals surface area contributed by atoms with E-state index in [0.717, 1.165) is 18.4 Å². The molecule has 1 atom stereocenters. The Kier molecular flexibility index (Phi) is 5.35. The molecule has 0 amide bonds. The zero-order valence-corrected chi connectivity index (χ0v) is 13.9. The van der Waals surface area contributed by atoms with E-state index >= 15 is 0 Å². The summed E-state index contributed by atoms with van der Waals surface area (Å²) in [7, 11) is -1.87. The van der Waals surface area contributed by atoms with Crippen molar-refractivity contribution in [2.45, 2.75) is 57.0 Å². The molecule has 2 N–H and O–H groups in total. The highest BCUT2D eigenvalue weighted by atomic mass is 32.2. The Balaban J connectivity index is 3.23. The van der Waals surface area contributed by atoms with Gasteiger partial charge in [0.1, 0.15) is 0 Å². The lowest BCUT2D eigenvalue weighted by Crippen LogP contribution is -2.44. The number of hydrogen-bond donors (Lipinski definition) is 1. The van der Waals surface area contributed by atoms with E-state index in [2.05, 4.69) is 0 Å². The highest BCUT2D eigenvalue weighted by Gasteiger charge is 2.32. The first-order valence-electron chi connectivity index (χ1n) is 7.01. The van der Waals surface area contributed by atoms with Gasteiger partial charge in [-0.2, -0.15) is 4.31 Å². The van der Waals surface area contributed by atoms with Crippen molar-refractivity contribution in [3.05, 3.63) is 29.8 Å². The molecule has 0 bridgehead atoms. The van der Waals surface area contributed by atoms with Crippen molar-refractivity contribution in [2.75, 3.05) is 7.05 Å². The molecule has 0 saturated carbocycles. The molecule has 4 nitrogen and oxygen atoms in total. The van der Waals surface area contributed by atoms with Crippen LogP contribution in [0.25, 0.3) is 0 Å². The van der Waals surface area contributed by atoms with Gasteiger partial charge in [0, 0.05) is 18.6 Å². The van der Waals surface area contributed by atoms with Crippen molar-refractivity contribution in [1.29, 1.82) is 0 Å². The van der Waals surface area contributed by atoms with E-state index in [1.165, 1.54) is 4.31 Å². The summed E-state index contributed by atoms with van der Waals surface area (Å²) in [6.07, 6.45) is 1.52. The third kappa shape index (κ3) is 3.40. The van der Waals surface area contributed by atoms with Crippen molar-refractivity contribution >= 4 is 10.0 Å². The van der Waals surface area contributed by atoms with Crippen molar-refractivity contribution in [3.8, 4) is 0 Å². The Labute approximate surface area is 123 Å². The number of rotatable bonds is 6. The zero-order chi connectivity index (χ0) is 15.6. The van der Waals surface area contributed by atoms with E-state index in [-0.39, 0.29) is 6.04 Å². The predicted molar refractivity (Wildman–Crippen MR) is 83.0 cm³/mol. The normalized spacial score (nSPS) is 14.6. The van der Waals surface area contributed by atoms with Gasteiger partial charge >= 0.3 is 0 Å². The van der Waals surface area contributed by atoms with Crippen LogP contribution in [0.15, 0.2) is 29.2 Å². The van der Waals surface area contributed by atoms with Crippen molar-refractivity contribution in [3.63, 3.8) is 0 Å². The molecule has 114 valence electrons. The average Bonchev–Trinajstić information content (AvgIpc) is 2.45. The van der Waals surface area contributed by atoms with Crippen LogP contribution in [0, 0.1) is 0 Å². The summed E-state index contributed by atoms with van der Waals surface area (Å²) in [6.45, 7) is 7.81. The van der Waals surface area contributed by atoms with E-state index in [0.29, 0.717) is 4.90 Å². The summed E-state index contributed by atoms with van der Waals surface area (Å²) in [5.74, 6) is 0. The second-order valence-corrected chi connectivity index (χ2v) is 7.70. The SMILES string of the molecule is CCC(N)c1cccc(S(=O)(=O)N(C)C(C)(C)CC)c1. The Morgan fingerprint density at radius 2 is 1.90 bits per heavy atom. The van der Waals surface area contributed by atoms with Gasteiger partial charge in [-0.3, -0.25) is 0 Å². The van der Waals surface area contributed by atoms with Crippen LogP contribution in [0.2, 0.25) is 0 Å². The smallest absolute Gasteiger partial charge is 0.243 e. The van der Waals surface area contributed by atoms with Gasteiger partial charge in [0.25, 0.3) is 0 Å². The Morgan fingerprint density at radius 1 is 1.30 bits per heavy atom. The maximum atomic E-state index is 12.7. The van der Waals surface area contributed by atoms with Crippen LogP contribution in [-0.4, -0.2) is 25.3 Å². The van der Waals surface area contributed by atoms with Crippen molar-refractivity contribution in [1.82, 2.24) is 4.31 Å².